The maximum atomic E-state index is 12.6. The Bertz CT molecular complexity index is 396. The Morgan fingerprint density at radius 3 is 1.75 bits per heavy atom. The van der Waals surface area contributed by atoms with Gasteiger partial charge in [0.05, 0.1) is 5.92 Å². The highest BCUT2D eigenvalue weighted by Crippen LogP contribution is 2.23. The molecule has 1 unspecified atom stereocenters. The zero-order chi connectivity index (χ0) is 21.6. The molecule has 0 rings (SSSR count). The molecule has 8 heteroatoms. The van der Waals surface area contributed by atoms with Crippen LogP contribution >= 0.6 is 0 Å². The van der Waals surface area contributed by atoms with Crippen molar-refractivity contribution in [1.29, 1.82) is 0 Å². The zero-order valence-electron chi connectivity index (χ0n) is 19.6. The summed E-state index contributed by atoms with van der Waals surface area (Å²) in [6, 6.07) is 3.77. The van der Waals surface area contributed by atoms with Gasteiger partial charge in [0.2, 0.25) is 0 Å². The van der Waals surface area contributed by atoms with Crippen LogP contribution in [0.4, 0.5) is 0 Å². The minimum absolute atomic E-state index is 0.0364. The number of carbonyl (C=O) groups is 1. The molecule has 0 heterocycles. The molecule has 28 heavy (non-hydrogen) atoms. The molecule has 0 amide bonds. The maximum Gasteiger partial charge on any atom is 0.500 e. The smallest absolute Gasteiger partial charge is 0.500 e. The molecule has 0 bridgehead atoms. The summed E-state index contributed by atoms with van der Waals surface area (Å²) >= 11 is 0. The third-order valence-corrected chi connectivity index (χ3v) is 13.0. The quantitative estimate of drug-likeness (QED) is 0.313. The second-order valence-corrected chi connectivity index (χ2v) is 14.8. The minimum Gasteiger partial charge on any atom is -0.519 e. The maximum absolute atomic E-state index is 12.6. The van der Waals surface area contributed by atoms with Crippen LogP contribution in [0.1, 0.15) is 54.9 Å². The Hall–Kier alpha value is -0.256. The van der Waals surface area contributed by atoms with Crippen LogP contribution in [0.15, 0.2) is 0 Å². The van der Waals surface area contributed by atoms with E-state index in [0.717, 1.165) is 37.1 Å². The van der Waals surface area contributed by atoms with Gasteiger partial charge in [0.15, 0.2) is 0 Å². The standard InChI is InChI=1S/C20H45NO5Si2/c1-9-23-28(24-10-2,25-11-3)17-15-16-21(8)18-19(7)20(22)26-27(12-4,13-5)14-6/h19H,9-18H2,1-8H3. The van der Waals surface area contributed by atoms with Crippen molar-refractivity contribution in [1.82, 2.24) is 4.90 Å². The largest absolute Gasteiger partial charge is 0.519 e. The molecule has 0 fully saturated rings. The third kappa shape index (κ3) is 9.49. The fourth-order valence-corrected chi connectivity index (χ4v) is 8.64. The number of carbonyl (C=O) groups excluding carboxylic acids is 1. The van der Waals surface area contributed by atoms with Crippen molar-refractivity contribution in [3.05, 3.63) is 0 Å². The van der Waals surface area contributed by atoms with Crippen molar-refractivity contribution in [2.75, 3.05) is 40.0 Å². The fourth-order valence-electron chi connectivity index (χ4n) is 3.48. The number of nitrogens with zero attached hydrogens (tertiary/aromatic N) is 1. The Labute approximate surface area is 175 Å². The van der Waals surface area contributed by atoms with Gasteiger partial charge in [-0.2, -0.15) is 0 Å². The molecule has 0 N–H and O–H groups in total. The lowest BCUT2D eigenvalue weighted by Crippen LogP contribution is -2.46. The molecule has 168 valence electrons. The van der Waals surface area contributed by atoms with Crippen molar-refractivity contribution in [2.24, 2.45) is 5.92 Å². The summed E-state index contributed by atoms with van der Waals surface area (Å²) < 4.78 is 23.8. The first kappa shape index (κ1) is 27.7. The summed E-state index contributed by atoms with van der Waals surface area (Å²) in [5.41, 5.74) is 0. The molecule has 0 aliphatic rings. The number of rotatable bonds is 17. The summed E-state index contributed by atoms with van der Waals surface area (Å²) in [5, 5.41) is 0. The third-order valence-electron chi connectivity index (χ3n) is 5.35. The van der Waals surface area contributed by atoms with Gasteiger partial charge < -0.3 is 22.6 Å². The van der Waals surface area contributed by atoms with Crippen LogP contribution in [0.25, 0.3) is 0 Å². The van der Waals surface area contributed by atoms with Crippen molar-refractivity contribution in [2.45, 2.75) is 79.1 Å². The van der Waals surface area contributed by atoms with Crippen molar-refractivity contribution in [3.8, 4) is 0 Å². The highest BCUT2D eigenvalue weighted by atomic mass is 28.4. The normalized spacial score (nSPS) is 13.8. The van der Waals surface area contributed by atoms with Crippen LogP contribution in [0.2, 0.25) is 24.2 Å². The summed E-state index contributed by atoms with van der Waals surface area (Å²) in [7, 11) is -2.41. The average molecular weight is 436 g/mol. The lowest BCUT2D eigenvalue weighted by Gasteiger charge is -2.31. The second kappa shape index (κ2) is 14.7. The number of hydrogen-bond donors (Lipinski definition) is 0. The van der Waals surface area contributed by atoms with E-state index in [1.54, 1.807) is 0 Å². The van der Waals surface area contributed by atoms with Gasteiger partial charge in [-0.3, -0.25) is 4.79 Å². The first-order valence-electron chi connectivity index (χ1n) is 11.1. The Kier molecular flexibility index (Phi) is 14.5. The Balaban J connectivity index is 4.59. The Morgan fingerprint density at radius 1 is 0.893 bits per heavy atom. The van der Waals surface area contributed by atoms with Crippen molar-refractivity contribution >= 4 is 23.1 Å². The first-order chi connectivity index (χ1) is 13.3. The predicted octanol–water partition coefficient (Wildman–Crippen LogP) is 4.54. The first-order valence-corrected chi connectivity index (χ1v) is 15.6. The summed E-state index contributed by atoms with van der Waals surface area (Å²) in [5.74, 6) is -0.153. The molecule has 0 aromatic heterocycles. The van der Waals surface area contributed by atoms with Crippen LogP contribution in [0, 0.1) is 5.92 Å². The molecule has 0 spiro atoms. The topological polar surface area (TPSA) is 57.2 Å². The van der Waals surface area contributed by atoms with Crippen molar-refractivity contribution in [3.63, 3.8) is 0 Å². The Morgan fingerprint density at radius 2 is 1.36 bits per heavy atom. The summed E-state index contributed by atoms with van der Waals surface area (Å²) in [6.45, 7) is 17.7. The molecule has 1 atom stereocenters. The van der Waals surface area contributed by atoms with Gasteiger partial charge in [-0.1, -0.05) is 27.7 Å². The van der Waals surface area contributed by atoms with E-state index in [1.165, 1.54) is 0 Å². The SMILES string of the molecule is CCO[Si](CCCN(C)CC(C)C(=O)O[Si](CC)(CC)CC)(OCC)OCC. The highest BCUT2D eigenvalue weighted by molar-refractivity contribution is 6.74. The second-order valence-electron chi connectivity index (χ2n) is 7.41. The van der Waals surface area contributed by atoms with Gasteiger partial charge in [-0.05, 0) is 58.9 Å². The summed E-state index contributed by atoms with van der Waals surface area (Å²) in [6.07, 6.45) is 0.919. The van der Waals surface area contributed by atoms with E-state index in [1.807, 2.05) is 27.7 Å². The van der Waals surface area contributed by atoms with E-state index in [4.69, 9.17) is 17.7 Å². The molecule has 0 saturated heterocycles. The highest BCUT2D eigenvalue weighted by Gasteiger charge is 2.40. The van der Waals surface area contributed by atoms with Gasteiger partial charge in [0.25, 0.3) is 14.3 Å². The monoisotopic (exact) mass is 435 g/mol. The average Bonchev–Trinajstić information content (AvgIpc) is 2.66. The van der Waals surface area contributed by atoms with Crippen LogP contribution in [0.3, 0.4) is 0 Å². The molecular formula is C20H45NO5Si2. The minimum atomic E-state index is -2.58. The molecule has 0 aliphatic heterocycles. The lowest BCUT2D eigenvalue weighted by atomic mass is 10.2. The molecule has 0 aromatic rings. The summed E-state index contributed by atoms with van der Waals surface area (Å²) in [4.78, 5) is 14.8. The van der Waals surface area contributed by atoms with Crippen LogP contribution in [0.5, 0.6) is 0 Å². The molecule has 0 aromatic carbocycles. The van der Waals surface area contributed by atoms with Gasteiger partial charge in [-0.15, -0.1) is 0 Å². The van der Waals surface area contributed by atoms with E-state index in [0.29, 0.717) is 26.4 Å². The fraction of sp³-hybridized carbons (Fsp3) is 0.950. The lowest BCUT2D eigenvalue weighted by molar-refractivity contribution is -0.139. The van der Waals surface area contributed by atoms with E-state index in [9.17, 15) is 4.79 Å². The van der Waals surface area contributed by atoms with E-state index < -0.39 is 17.1 Å². The molecular weight excluding hydrogens is 390 g/mol. The van der Waals surface area contributed by atoms with E-state index in [-0.39, 0.29) is 11.9 Å². The van der Waals surface area contributed by atoms with Crippen LogP contribution < -0.4 is 0 Å². The van der Waals surface area contributed by atoms with Crippen molar-refractivity contribution < 1.29 is 22.5 Å². The van der Waals surface area contributed by atoms with Gasteiger partial charge >= 0.3 is 8.80 Å². The van der Waals surface area contributed by atoms with Gasteiger partial charge in [0, 0.05) is 32.4 Å². The zero-order valence-corrected chi connectivity index (χ0v) is 21.6. The van der Waals surface area contributed by atoms with Gasteiger partial charge in [-0.25, -0.2) is 0 Å². The van der Waals surface area contributed by atoms with Crippen LogP contribution in [-0.2, 0) is 22.5 Å². The van der Waals surface area contributed by atoms with Gasteiger partial charge in [0.1, 0.15) is 0 Å². The molecule has 0 saturated carbocycles. The number of hydrogen-bond acceptors (Lipinski definition) is 6. The molecule has 0 aliphatic carbocycles. The molecule has 0 radical (unpaired) electrons. The predicted molar refractivity (Wildman–Crippen MR) is 120 cm³/mol. The van der Waals surface area contributed by atoms with E-state index in [2.05, 4.69) is 32.7 Å². The van der Waals surface area contributed by atoms with Crippen LogP contribution in [-0.4, -0.2) is 67.9 Å². The molecule has 6 nitrogen and oxygen atoms in total. The van der Waals surface area contributed by atoms with E-state index >= 15 is 0 Å².